The molecule has 3 aromatic rings. The van der Waals surface area contributed by atoms with Crippen molar-refractivity contribution in [3.63, 3.8) is 0 Å². The topological polar surface area (TPSA) is 115 Å². The molecule has 0 aliphatic heterocycles. The van der Waals surface area contributed by atoms with E-state index < -0.39 is 9.84 Å². The van der Waals surface area contributed by atoms with Crippen molar-refractivity contribution >= 4 is 39.0 Å². The summed E-state index contributed by atoms with van der Waals surface area (Å²) in [5, 5.41) is 3.04. The fraction of sp³-hybridized carbons (Fsp3) is 0.150. The number of carbonyl (C=O) groups excluding carboxylic acids is 1. The first-order valence-electron chi connectivity index (χ1n) is 8.84. The van der Waals surface area contributed by atoms with E-state index >= 15 is 0 Å². The summed E-state index contributed by atoms with van der Waals surface area (Å²) in [4.78, 5) is 20.2. The molecule has 0 radical (unpaired) electrons. The fourth-order valence-corrected chi connectivity index (χ4v) is 4.47. The molecule has 1 amide bonds. The third-order valence-corrected chi connectivity index (χ3v) is 6.70. The Morgan fingerprint density at radius 2 is 1.90 bits per heavy atom. The minimum atomic E-state index is -3.80. The maximum Gasteiger partial charge on any atom is 0.234 e. The lowest BCUT2D eigenvalue weighted by Crippen LogP contribution is -2.15. The highest BCUT2D eigenvalue weighted by Crippen LogP contribution is 2.25. The van der Waals surface area contributed by atoms with E-state index in [0.29, 0.717) is 0 Å². The van der Waals surface area contributed by atoms with Crippen LogP contribution in [0.1, 0.15) is 12.5 Å². The van der Waals surface area contributed by atoms with Crippen LogP contribution < -0.4 is 11.1 Å². The van der Waals surface area contributed by atoms with E-state index in [1.807, 2.05) is 31.2 Å². The first-order valence-corrected chi connectivity index (χ1v) is 11.3. The molecule has 2 aromatic carbocycles. The minimum Gasteiger partial charge on any atom is -0.382 e. The lowest BCUT2D eigenvalue weighted by Gasteiger charge is -2.08. The molecule has 0 bridgehead atoms. The third-order valence-electron chi connectivity index (χ3n) is 4.06. The van der Waals surface area contributed by atoms with E-state index in [9.17, 15) is 13.2 Å². The molecule has 150 valence electrons. The van der Waals surface area contributed by atoms with Crippen LogP contribution in [0.25, 0.3) is 0 Å². The quantitative estimate of drug-likeness (QED) is 0.439. The van der Waals surface area contributed by atoms with Gasteiger partial charge in [-0.05, 0) is 36.2 Å². The van der Waals surface area contributed by atoms with Crippen LogP contribution in [-0.2, 0) is 21.1 Å². The second-order valence-electron chi connectivity index (χ2n) is 6.11. The van der Waals surface area contributed by atoms with Gasteiger partial charge in [0.05, 0.1) is 16.8 Å². The number of thioether (sulfide) groups is 1. The highest BCUT2D eigenvalue weighted by atomic mass is 32.2. The molecule has 9 heteroatoms. The van der Waals surface area contributed by atoms with E-state index in [1.165, 1.54) is 18.3 Å². The van der Waals surface area contributed by atoms with Gasteiger partial charge in [-0.3, -0.25) is 4.79 Å². The number of anilines is 2. The predicted octanol–water partition coefficient (Wildman–Crippen LogP) is 3.18. The molecule has 0 aliphatic carbocycles. The lowest BCUT2D eigenvalue weighted by molar-refractivity contribution is -0.113. The molecule has 0 atom stereocenters. The van der Waals surface area contributed by atoms with Crippen molar-refractivity contribution in [1.29, 1.82) is 0 Å². The van der Waals surface area contributed by atoms with Crippen molar-refractivity contribution in [2.24, 2.45) is 0 Å². The van der Waals surface area contributed by atoms with E-state index in [-0.39, 0.29) is 32.4 Å². The highest BCUT2D eigenvalue weighted by molar-refractivity contribution is 7.99. The molecule has 29 heavy (non-hydrogen) atoms. The zero-order valence-corrected chi connectivity index (χ0v) is 17.3. The number of amides is 1. The largest absolute Gasteiger partial charge is 0.382 e. The number of aromatic nitrogens is 2. The molecule has 1 heterocycles. The van der Waals surface area contributed by atoms with Crippen LogP contribution in [0.3, 0.4) is 0 Å². The predicted molar refractivity (Wildman–Crippen MR) is 114 cm³/mol. The molecule has 0 aliphatic rings. The number of hydrogen-bond acceptors (Lipinski definition) is 7. The summed E-state index contributed by atoms with van der Waals surface area (Å²) in [5.74, 6) is -0.297. The van der Waals surface area contributed by atoms with Crippen molar-refractivity contribution in [2.45, 2.75) is 28.3 Å². The Bertz CT molecular complexity index is 1120. The summed E-state index contributed by atoms with van der Waals surface area (Å²) in [6.07, 6.45) is 2.06. The van der Waals surface area contributed by atoms with Gasteiger partial charge in [0.15, 0.2) is 5.16 Å². The van der Waals surface area contributed by atoms with E-state index in [0.717, 1.165) is 29.4 Å². The van der Waals surface area contributed by atoms with Crippen LogP contribution >= 0.6 is 11.8 Å². The zero-order chi connectivity index (χ0) is 20.9. The van der Waals surface area contributed by atoms with Crippen LogP contribution in [0, 0.1) is 0 Å². The average molecular weight is 429 g/mol. The number of hydrogen-bond donors (Lipinski definition) is 2. The SMILES string of the molecule is CCc1cccc(NC(=O)CSc2ncc(S(=O)(=O)c3ccccc3)c(N)n2)c1. The van der Waals surface area contributed by atoms with Gasteiger partial charge in [0, 0.05) is 5.69 Å². The van der Waals surface area contributed by atoms with Gasteiger partial charge in [-0.25, -0.2) is 18.4 Å². The second-order valence-corrected chi connectivity index (χ2v) is 8.97. The number of nitrogen functional groups attached to an aromatic ring is 1. The monoisotopic (exact) mass is 428 g/mol. The van der Waals surface area contributed by atoms with E-state index in [4.69, 9.17) is 5.73 Å². The summed E-state index contributed by atoms with van der Waals surface area (Å²) < 4.78 is 25.3. The molecular weight excluding hydrogens is 408 g/mol. The van der Waals surface area contributed by atoms with Crippen LogP contribution in [0.5, 0.6) is 0 Å². The molecule has 1 aromatic heterocycles. The van der Waals surface area contributed by atoms with Gasteiger partial charge in [0.2, 0.25) is 15.7 Å². The van der Waals surface area contributed by atoms with Crippen LogP contribution in [-0.4, -0.2) is 30.0 Å². The lowest BCUT2D eigenvalue weighted by atomic mass is 10.1. The van der Waals surface area contributed by atoms with Crippen LogP contribution in [0.4, 0.5) is 11.5 Å². The molecule has 0 saturated carbocycles. The van der Waals surface area contributed by atoms with Gasteiger partial charge in [-0.1, -0.05) is 49.0 Å². The Hall–Kier alpha value is -2.91. The number of rotatable bonds is 7. The first-order chi connectivity index (χ1) is 13.9. The van der Waals surface area contributed by atoms with Crippen LogP contribution in [0.15, 0.2) is 75.7 Å². The zero-order valence-electron chi connectivity index (χ0n) is 15.7. The molecule has 3 N–H and O–H groups in total. The summed E-state index contributed by atoms with van der Waals surface area (Å²) >= 11 is 1.08. The summed E-state index contributed by atoms with van der Waals surface area (Å²) in [7, 11) is -3.80. The Balaban J connectivity index is 1.67. The van der Waals surface area contributed by atoms with Crippen molar-refractivity contribution in [1.82, 2.24) is 9.97 Å². The minimum absolute atomic E-state index is 0.0700. The van der Waals surface area contributed by atoms with Crippen molar-refractivity contribution < 1.29 is 13.2 Å². The van der Waals surface area contributed by atoms with Crippen molar-refractivity contribution in [3.8, 4) is 0 Å². The van der Waals surface area contributed by atoms with Gasteiger partial charge < -0.3 is 11.1 Å². The van der Waals surface area contributed by atoms with Gasteiger partial charge in [-0.15, -0.1) is 0 Å². The Morgan fingerprint density at radius 3 is 2.59 bits per heavy atom. The molecular formula is C20H20N4O3S2. The van der Waals surface area contributed by atoms with Gasteiger partial charge >= 0.3 is 0 Å². The number of nitrogens with zero attached hydrogens (tertiary/aromatic N) is 2. The Morgan fingerprint density at radius 1 is 1.14 bits per heavy atom. The highest BCUT2D eigenvalue weighted by Gasteiger charge is 2.22. The number of nitrogens with one attached hydrogen (secondary N) is 1. The van der Waals surface area contributed by atoms with Gasteiger partial charge in [0.1, 0.15) is 10.7 Å². The Labute approximate surface area is 173 Å². The van der Waals surface area contributed by atoms with Crippen molar-refractivity contribution in [2.75, 3.05) is 16.8 Å². The molecule has 0 unspecified atom stereocenters. The Kier molecular flexibility index (Phi) is 6.50. The molecule has 0 fully saturated rings. The van der Waals surface area contributed by atoms with E-state index in [1.54, 1.807) is 18.2 Å². The smallest absolute Gasteiger partial charge is 0.234 e. The molecule has 3 rings (SSSR count). The van der Waals surface area contributed by atoms with Gasteiger partial charge in [0.25, 0.3) is 0 Å². The maximum atomic E-state index is 12.7. The number of nitrogens with two attached hydrogens (primary N) is 1. The second kappa shape index (κ2) is 9.06. The molecule has 0 saturated heterocycles. The fourth-order valence-electron chi connectivity index (χ4n) is 2.57. The standard InChI is InChI=1S/C20H20N4O3S2/c1-2-14-7-6-8-15(11-14)23-18(25)13-28-20-22-12-17(19(21)24-20)29(26,27)16-9-4-3-5-10-16/h3-12H,2,13H2,1H3,(H,23,25)(H2,21,22,24). The van der Waals surface area contributed by atoms with E-state index in [2.05, 4.69) is 15.3 Å². The number of benzene rings is 2. The maximum absolute atomic E-state index is 12.7. The summed E-state index contributed by atoms with van der Waals surface area (Å²) in [6.45, 7) is 2.04. The van der Waals surface area contributed by atoms with Crippen molar-refractivity contribution in [3.05, 3.63) is 66.4 Å². The van der Waals surface area contributed by atoms with Gasteiger partial charge in [-0.2, -0.15) is 0 Å². The summed E-state index contributed by atoms with van der Waals surface area (Å²) in [5.41, 5.74) is 7.71. The first kappa shape index (κ1) is 20.8. The van der Waals surface area contributed by atoms with Crippen LogP contribution in [0.2, 0.25) is 0 Å². The molecule has 7 nitrogen and oxygen atoms in total. The molecule has 0 spiro atoms. The number of sulfone groups is 1. The third kappa shape index (κ3) is 5.12. The normalized spacial score (nSPS) is 11.2. The number of aryl methyl sites for hydroxylation is 1. The average Bonchev–Trinajstić information content (AvgIpc) is 2.73. The summed E-state index contributed by atoms with van der Waals surface area (Å²) in [6, 6.07) is 15.6. The number of carbonyl (C=O) groups is 1.